The summed E-state index contributed by atoms with van der Waals surface area (Å²) in [6.45, 7) is 8.94. The van der Waals surface area contributed by atoms with Crippen molar-refractivity contribution < 1.29 is 0 Å². The molecule has 1 aliphatic heterocycles. The minimum Gasteiger partial charge on any atom is -0.268 e. The van der Waals surface area contributed by atoms with Gasteiger partial charge in [0.15, 0.2) is 8.22 Å². The van der Waals surface area contributed by atoms with Gasteiger partial charge in [-0.15, -0.1) is 0 Å². The SMILES string of the molecule is CC(C)N(C(C)C)P1C=NP(c2ccccc2)N=C1. The summed E-state index contributed by atoms with van der Waals surface area (Å²) >= 11 is 0. The predicted molar refractivity (Wildman–Crippen MR) is 89.0 cm³/mol. The standard InChI is InChI=1S/C14H21N3P2/c1-12(2)17(13(3)4)18-10-15-19(16-11-18)14-8-6-5-7-9-14/h5-13H,1-4H3. The van der Waals surface area contributed by atoms with Crippen molar-refractivity contribution in [2.75, 3.05) is 0 Å². The Morgan fingerprint density at radius 3 is 1.89 bits per heavy atom. The van der Waals surface area contributed by atoms with Crippen molar-refractivity contribution in [3.05, 3.63) is 30.3 Å². The number of hydrogen-bond donors (Lipinski definition) is 0. The molecular formula is C14H21N3P2. The van der Waals surface area contributed by atoms with E-state index in [9.17, 15) is 0 Å². The van der Waals surface area contributed by atoms with Gasteiger partial charge in [-0.1, -0.05) is 30.3 Å². The summed E-state index contributed by atoms with van der Waals surface area (Å²) in [5.41, 5.74) is 0. The van der Waals surface area contributed by atoms with Crippen molar-refractivity contribution in [3.63, 3.8) is 0 Å². The maximum atomic E-state index is 4.70. The predicted octanol–water partition coefficient (Wildman–Crippen LogP) is 4.21. The third kappa shape index (κ3) is 3.69. The van der Waals surface area contributed by atoms with Crippen LogP contribution >= 0.6 is 16.3 Å². The summed E-state index contributed by atoms with van der Waals surface area (Å²) in [4.78, 5) is 0. The summed E-state index contributed by atoms with van der Waals surface area (Å²) in [7, 11) is -1.19. The van der Waals surface area contributed by atoms with Crippen molar-refractivity contribution in [2.45, 2.75) is 39.8 Å². The van der Waals surface area contributed by atoms with Crippen molar-refractivity contribution in [2.24, 2.45) is 9.53 Å². The molecule has 0 atom stereocenters. The van der Waals surface area contributed by atoms with Crippen LogP contribution in [-0.4, -0.2) is 28.7 Å². The van der Waals surface area contributed by atoms with Crippen LogP contribution in [0.3, 0.4) is 0 Å². The lowest BCUT2D eigenvalue weighted by atomic mass is 10.3. The molecule has 0 amide bonds. The highest BCUT2D eigenvalue weighted by Crippen LogP contribution is 2.49. The zero-order valence-electron chi connectivity index (χ0n) is 11.9. The second kappa shape index (κ2) is 6.70. The second-order valence-corrected chi connectivity index (χ2v) is 8.28. The van der Waals surface area contributed by atoms with Crippen LogP contribution in [0.2, 0.25) is 0 Å². The van der Waals surface area contributed by atoms with Crippen LogP contribution in [0.15, 0.2) is 39.9 Å². The highest BCUT2D eigenvalue weighted by Gasteiger charge is 2.24. The molecule has 0 aromatic heterocycles. The molecule has 0 aliphatic carbocycles. The van der Waals surface area contributed by atoms with Crippen LogP contribution in [0.4, 0.5) is 0 Å². The van der Waals surface area contributed by atoms with E-state index in [1.807, 2.05) is 6.07 Å². The van der Waals surface area contributed by atoms with E-state index in [4.69, 9.17) is 9.53 Å². The lowest BCUT2D eigenvalue weighted by Crippen LogP contribution is -2.33. The zero-order chi connectivity index (χ0) is 13.8. The van der Waals surface area contributed by atoms with Gasteiger partial charge in [0, 0.05) is 29.3 Å². The Morgan fingerprint density at radius 2 is 1.42 bits per heavy atom. The van der Waals surface area contributed by atoms with E-state index >= 15 is 0 Å². The van der Waals surface area contributed by atoms with Crippen molar-refractivity contribution in [1.82, 2.24) is 4.67 Å². The highest BCUT2D eigenvalue weighted by atomic mass is 31.1. The first-order chi connectivity index (χ1) is 9.09. The van der Waals surface area contributed by atoms with Crippen LogP contribution in [0, 0.1) is 0 Å². The molecule has 1 aromatic rings. The quantitative estimate of drug-likeness (QED) is 0.764. The summed E-state index contributed by atoms with van der Waals surface area (Å²) in [6.07, 6.45) is 0. The first-order valence-electron chi connectivity index (χ1n) is 6.59. The van der Waals surface area contributed by atoms with Gasteiger partial charge in [-0.05, 0) is 27.7 Å². The van der Waals surface area contributed by atoms with E-state index in [1.165, 1.54) is 5.30 Å². The molecule has 0 spiro atoms. The summed E-state index contributed by atoms with van der Waals surface area (Å²) in [5, 5.41) is 1.22. The van der Waals surface area contributed by atoms with Gasteiger partial charge in [-0.25, -0.2) is 9.53 Å². The molecule has 0 saturated carbocycles. The zero-order valence-corrected chi connectivity index (χ0v) is 13.7. The maximum absolute atomic E-state index is 4.70. The van der Waals surface area contributed by atoms with E-state index in [-0.39, 0.29) is 0 Å². The average Bonchev–Trinajstić information content (AvgIpc) is 2.40. The third-order valence-electron chi connectivity index (χ3n) is 2.87. The molecule has 0 N–H and O–H groups in total. The molecule has 102 valence electrons. The van der Waals surface area contributed by atoms with Crippen LogP contribution in [0.1, 0.15) is 27.7 Å². The van der Waals surface area contributed by atoms with Gasteiger partial charge in [0.2, 0.25) is 0 Å². The molecule has 0 radical (unpaired) electrons. The van der Waals surface area contributed by atoms with Gasteiger partial charge in [0.05, 0.1) is 8.07 Å². The summed E-state index contributed by atoms with van der Waals surface area (Å²) < 4.78 is 11.9. The normalized spacial score (nSPS) is 22.7. The van der Waals surface area contributed by atoms with Crippen molar-refractivity contribution >= 4 is 33.5 Å². The molecule has 3 nitrogen and oxygen atoms in total. The molecule has 5 heteroatoms. The molecule has 0 fully saturated rings. The van der Waals surface area contributed by atoms with Crippen LogP contribution in [0.5, 0.6) is 0 Å². The van der Waals surface area contributed by atoms with Gasteiger partial charge >= 0.3 is 0 Å². The fourth-order valence-electron chi connectivity index (χ4n) is 2.21. The van der Waals surface area contributed by atoms with Gasteiger partial charge in [-0.2, -0.15) is 0 Å². The fraction of sp³-hybridized carbons (Fsp3) is 0.429. The Labute approximate surface area is 118 Å². The van der Waals surface area contributed by atoms with E-state index in [0.29, 0.717) is 12.1 Å². The molecular weight excluding hydrogens is 272 g/mol. The minimum atomic E-state index is -0.728. The number of nitrogens with zero attached hydrogens (tertiary/aromatic N) is 3. The Kier molecular flexibility index (Phi) is 5.21. The first kappa shape index (κ1) is 14.8. The molecule has 1 aliphatic rings. The minimum absolute atomic E-state index is 0.465. The van der Waals surface area contributed by atoms with Gasteiger partial charge in [0.1, 0.15) is 0 Å². The molecule has 0 bridgehead atoms. The number of rotatable bonds is 4. The first-order valence-corrected chi connectivity index (χ1v) is 9.27. The second-order valence-electron chi connectivity index (χ2n) is 5.03. The smallest absolute Gasteiger partial charge is 0.168 e. The van der Waals surface area contributed by atoms with Gasteiger partial charge in [0.25, 0.3) is 0 Å². The molecule has 19 heavy (non-hydrogen) atoms. The topological polar surface area (TPSA) is 28.0 Å². The van der Waals surface area contributed by atoms with Crippen molar-refractivity contribution in [1.29, 1.82) is 0 Å². The van der Waals surface area contributed by atoms with Crippen molar-refractivity contribution in [3.8, 4) is 0 Å². The van der Waals surface area contributed by atoms with E-state index < -0.39 is 16.3 Å². The highest BCUT2D eigenvalue weighted by molar-refractivity contribution is 7.86. The molecule has 1 aromatic carbocycles. The van der Waals surface area contributed by atoms with Gasteiger partial charge in [-0.3, -0.25) is 4.67 Å². The van der Waals surface area contributed by atoms with E-state index in [2.05, 4.69) is 68.5 Å². The lowest BCUT2D eigenvalue weighted by Gasteiger charge is -2.35. The third-order valence-corrected chi connectivity index (χ3v) is 6.82. The monoisotopic (exact) mass is 293 g/mol. The number of hydrogen-bond acceptors (Lipinski definition) is 3. The summed E-state index contributed by atoms with van der Waals surface area (Å²) in [5.74, 6) is 4.25. The summed E-state index contributed by atoms with van der Waals surface area (Å²) in [6, 6.07) is 11.4. The van der Waals surface area contributed by atoms with Gasteiger partial charge < -0.3 is 0 Å². The van der Waals surface area contributed by atoms with Crippen LogP contribution < -0.4 is 5.30 Å². The van der Waals surface area contributed by atoms with Crippen LogP contribution in [-0.2, 0) is 0 Å². The largest absolute Gasteiger partial charge is 0.268 e. The fourth-order valence-corrected chi connectivity index (χ4v) is 5.97. The van der Waals surface area contributed by atoms with Crippen LogP contribution in [0.25, 0.3) is 0 Å². The Bertz CT molecular complexity index is 435. The Hall–Kier alpha value is -0.620. The molecule has 0 unspecified atom stereocenters. The molecule has 1 heterocycles. The van der Waals surface area contributed by atoms with E-state index in [0.717, 1.165) is 0 Å². The van der Waals surface area contributed by atoms with E-state index in [1.54, 1.807) is 0 Å². The maximum Gasteiger partial charge on any atom is 0.168 e. The molecule has 0 saturated heterocycles. The Balaban J connectivity index is 2.10. The lowest BCUT2D eigenvalue weighted by molar-refractivity contribution is 0.329. The molecule has 2 rings (SSSR count). The Morgan fingerprint density at radius 1 is 0.895 bits per heavy atom. The average molecular weight is 293 g/mol. The number of benzene rings is 1.